The van der Waals surface area contributed by atoms with E-state index in [1.54, 1.807) is 18.5 Å². The molecule has 4 amide bonds. The second-order valence-electron chi connectivity index (χ2n) is 12.1. The minimum Gasteiger partial charge on any atom is -0.440 e. The number of benzene rings is 1. The smallest absolute Gasteiger partial charge is 0.433 e. The SMILES string of the molecule is CC(C)(O)c1cc2nc(C3CCN(Cc4ccncc4N4CCC(=O)NC4=O)CC3)oc2cc1NC(=O)c1cccc(C(F)(F)F)n1. The first kappa shape index (κ1) is 32.1. The number of pyridine rings is 2. The number of aliphatic hydroxyl groups is 1. The Morgan fingerprint density at radius 1 is 1.11 bits per heavy atom. The average molecular weight is 652 g/mol. The number of rotatable bonds is 7. The molecule has 0 radical (unpaired) electrons. The first-order valence-corrected chi connectivity index (χ1v) is 15.1. The molecule has 5 heterocycles. The van der Waals surface area contributed by atoms with Crippen LogP contribution in [0.15, 0.2) is 53.2 Å². The summed E-state index contributed by atoms with van der Waals surface area (Å²) in [5.41, 5.74) is -0.198. The van der Waals surface area contributed by atoms with E-state index < -0.39 is 35.1 Å². The molecule has 0 atom stereocenters. The second kappa shape index (κ2) is 12.4. The first-order valence-electron chi connectivity index (χ1n) is 15.1. The molecule has 3 aromatic heterocycles. The van der Waals surface area contributed by atoms with Crippen LogP contribution in [0.2, 0.25) is 0 Å². The van der Waals surface area contributed by atoms with Crippen LogP contribution in [0.25, 0.3) is 11.1 Å². The number of likely N-dealkylation sites (tertiary alicyclic amines) is 1. The van der Waals surface area contributed by atoms with Gasteiger partial charge in [0.2, 0.25) is 5.91 Å². The van der Waals surface area contributed by atoms with E-state index in [4.69, 9.17) is 9.40 Å². The van der Waals surface area contributed by atoms with Crippen molar-refractivity contribution in [2.24, 2.45) is 0 Å². The van der Waals surface area contributed by atoms with E-state index in [1.807, 2.05) is 6.07 Å². The molecule has 1 aromatic carbocycles. The number of hydrogen-bond acceptors (Lipinski definition) is 9. The van der Waals surface area contributed by atoms with Crippen molar-refractivity contribution in [3.05, 3.63) is 77.2 Å². The molecule has 0 spiro atoms. The Morgan fingerprint density at radius 2 is 1.87 bits per heavy atom. The Balaban J connectivity index is 1.17. The summed E-state index contributed by atoms with van der Waals surface area (Å²) < 4.78 is 45.6. The number of halogens is 3. The van der Waals surface area contributed by atoms with E-state index in [0.717, 1.165) is 43.6 Å². The number of alkyl halides is 3. The molecule has 2 fully saturated rings. The highest BCUT2D eigenvalue weighted by Crippen LogP contribution is 2.36. The molecule has 3 N–H and O–H groups in total. The molecular formula is C32H32F3N7O5. The number of oxazole rings is 1. The third-order valence-corrected chi connectivity index (χ3v) is 8.29. The minimum atomic E-state index is -4.71. The molecule has 0 aliphatic carbocycles. The Kier molecular flexibility index (Phi) is 8.44. The maximum absolute atomic E-state index is 13.2. The molecule has 2 saturated heterocycles. The fourth-order valence-electron chi connectivity index (χ4n) is 5.85. The van der Waals surface area contributed by atoms with Gasteiger partial charge in [0.05, 0.1) is 23.2 Å². The van der Waals surface area contributed by atoms with Gasteiger partial charge in [-0.05, 0) is 69.6 Å². The number of amides is 4. The zero-order valence-electron chi connectivity index (χ0n) is 25.6. The number of piperidine rings is 1. The number of carbonyl (C=O) groups is 3. The van der Waals surface area contributed by atoms with Gasteiger partial charge in [-0.1, -0.05) is 6.07 Å². The van der Waals surface area contributed by atoms with Crippen LogP contribution >= 0.6 is 0 Å². The summed E-state index contributed by atoms with van der Waals surface area (Å²) in [6.45, 7) is 5.34. The van der Waals surface area contributed by atoms with Crippen molar-refractivity contribution in [1.82, 2.24) is 25.2 Å². The van der Waals surface area contributed by atoms with Crippen molar-refractivity contribution >= 4 is 40.3 Å². The molecule has 2 aliphatic rings. The molecule has 246 valence electrons. The molecular weight excluding hydrogens is 619 g/mol. The van der Waals surface area contributed by atoms with Crippen molar-refractivity contribution < 1.29 is 37.1 Å². The topological polar surface area (TPSA) is 154 Å². The first-order chi connectivity index (χ1) is 22.3. The van der Waals surface area contributed by atoms with Crippen LogP contribution in [0, 0.1) is 0 Å². The van der Waals surface area contributed by atoms with Crippen molar-refractivity contribution in [3.8, 4) is 0 Å². The maximum atomic E-state index is 13.2. The summed E-state index contributed by atoms with van der Waals surface area (Å²) in [6, 6.07) is 7.57. The van der Waals surface area contributed by atoms with Crippen LogP contribution in [0.3, 0.4) is 0 Å². The summed E-state index contributed by atoms with van der Waals surface area (Å²) in [6.07, 6.45) is 0.268. The van der Waals surface area contributed by atoms with Crippen LogP contribution in [-0.4, -0.2) is 62.4 Å². The highest BCUT2D eigenvalue weighted by Gasteiger charge is 2.34. The van der Waals surface area contributed by atoms with Crippen molar-refractivity contribution in [1.29, 1.82) is 0 Å². The van der Waals surface area contributed by atoms with E-state index in [-0.39, 0.29) is 30.5 Å². The fraction of sp³-hybridized carbons (Fsp3) is 0.375. The number of anilines is 2. The summed E-state index contributed by atoms with van der Waals surface area (Å²) in [5, 5.41) is 15.8. The zero-order valence-corrected chi connectivity index (χ0v) is 25.6. The van der Waals surface area contributed by atoms with Crippen LogP contribution < -0.4 is 15.5 Å². The highest BCUT2D eigenvalue weighted by atomic mass is 19.4. The van der Waals surface area contributed by atoms with E-state index in [1.165, 1.54) is 30.9 Å². The molecule has 0 saturated carbocycles. The van der Waals surface area contributed by atoms with Crippen molar-refractivity contribution in [3.63, 3.8) is 0 Å². The zero-order chi connectivity index (χ0) is 33.5. The van der Waals surface area contributed by atoms with E-state index in [0.29, 0.717) is 34.8 Å². The summed E-state index contributed by atoms with van der Waals surface area (Å²) in [7, 11) is 0. The molecule has 4 aromatic rings. The lowest BCUT2D eigenvalue weighted by atomic mass is 9.95. The van der Waals surface area contributed by atoms with Crippen LogP contribution in [0.1, 0.15) is 72.2 Å². The Hall–Kier alpha value is -4.89. The van der Waals surface area contributed by atoms with Crippen LogP contribution in [-0.2, 0) is 23.1 Å². The molecule has 47 heavy (non-hydrogen) atoms. The predicted molar refractivity (Wildman–Crippen MR) is 163 cm³/mol. The monoisotopic (exact) mass is 651 g/mol. The van der Waals surface area contributed by atoms with Gasteiger partial charge in [-0.25, -0.2) is 14.8 Å². The molecule has 6 rings (SSSR count). The van der Waals surface area contributed by atoms with Gasteiger partial charge >= 0.3 is 12.2 Å². The van der Waals surface area contributed by atoms with Crippen molar-refractivity contribution in [2.75, 3.05) is 29.9 Å². The number of hydrogen-bond donors (Lipinski definition) is 3. The van der Waals surface area contributed by atoms with E-state index >= 15 is 0 Å². The molecule has 12 nitrogen and oxygen atoms in total. The van der Waals surface area contributed by atoms with Gasteiger partial charge in [0.25, 0.3) is 5.91 Å². The number of carbonyl (C=O) groups excluding carboxylic acids is 3. The second-order valence-corrected chi connectivity index (χ2v) is 12.1. The Morgan fingerprint density at radius 3 is 2.57 bits per heavy atom. The van der Waals surface area contributed by atoms with E-state index in [2.05, 4.69) is 25.5 Å². The van der Waals surface area contributed by atoms with Gasteiger partial charge in [0.15, 0.2) is 11.5 Å². The van der Waals surface area contributed by atoms with Crippen molar-refractivity contribution in [2.45, 2.75) is 57.3 Å². The van der Waals surface area contributed by atoms with Gasteiger partial charge < -0.3 is 14.8 Å². The number of fused-ring (bicyclic) bond motifs is 1. The normalized spacial score (nSPS) is 16.9. The lowest BCUT2D eigenvalue weighted by Crippen LogP contribution is -2.50. The quantitative estimate of drug-likeness (QED) is 0.252. The van der Waals surface area contributed by atoms with Gasteiger partial charge in [-0.15, -0.1) is 0 Å². The Labute approximate surface area is 267 Å². The van der Waals surface area contributed by atoms with Gasteiger partial charge in [0, 0.05) is 43.3 Å². The lowest BCUT2D eigenvalue weighted by molar-refractivity contribution is -0.141. The number of urea groups is 1. The summed E-state index contributed by atoms with van der Waals surface area (Å²) in [4.78, 5) is 53.1. The number of imide groups is 1. The molecule has 15 heteroatoms. The molecule has 0 bridgehead atoms. The van der Waals surface area contributed by atoms with Gasteiger partial charge in [0.1, 0.15) is 16.9 Å². The van der Waals surface area contributed by atoms with Gasteiger partial charge in [-0.2, -0.15) is 13.2 Å². The number of aromatic nitrogens is 3. The maximum Gasteiger partial charge on any atom is 0.433 e. The number of nitrogens with zero attached hydrogens (tertiary/aromatic N) is 5. The van der Waals surface area contributed by atoms with Gasteiger partial charge in [-0.3, -0.25) is 29.7 Å². The van der Waals surface area contributed by atoms with E-state index in [9.17, 15) is 32.7 Å². The largest absolute Gasteiger partial charge is 0.440 e. The minimum absolute atomic E-state index is 0.00705. The number of nitrogens with one attached hydrogen (secondary N) is 2. The Bertz CT molecular complexity index is 1840. The fourth-order valence-corrected chi connectivity index (χ4v) is 5.85. The standard InChI is InChI=1S/C32H32F3N7O5/c1-31(2,46)20-14-23-25(15-22(20)38-28(44)21-4-3-5-26(37-21)32(33,34)35)47-29(39-23)18-7-11-41(12-8-18)17-19-6-10-36-16-24(19)42-13-9-27(43)40-30(42)45/h3-6,10,14-16,18,46H,7-9,11-13,17H2,1-2H3,(H,38,44)(H,40,43,45). The lowest BCUT2D eigenvalue weighted by Gasteiger charge is -2.33. The summed E-state index contributed by atoms with van der Waals surface area (Å²) in [5.74, 6) is -0.682. The third kappa shape index (κ3) is 6.95. The van der Waals surface area contributed by atoms with Crippen LogP contribution in [0.5, 0.6) is 0 Å². The third-order valence-electron chi connectivity index (χ3n) is 8.29. The summed E-state index contributed by atoms with van der Waals surface area (Å²) >= 11 is 0. The molecule has 2 aliphatic heterocycles. The predicted octanol–water partition coefficient (Wildman–Crippen LogP) is 4.94. The molecule has 0 unspecified atom stereocenters. The van der Waals surface area contributed by atoms with Crippen LogP contribution in [0.4, 0.5) is 29.3 Å². The highest BCUT2D eigenvalue weighted by molar-refractivity contribution is 6.06. The average Bonchev–Trinajstić information content (AvgIpc) is 3.44.